The molecule has 2 N–H and O–H groups in total. The van der Waals surface area contributed by atoms with Crippen LogP contribution in [-0.2, 0) is 0 Å². The molecule has 0 spiro atoms. The molecule has 1 unspecified atom stereocenters. The molecule has 1 saturated heterocycles. The Morgan fingerprint density at radius 1 is 1.53 bits per heavy atom. The van der Waals surface area contributed by atoms with Gasteiger partial charge in [0.2, 0.25) is 0 Å². The number of aromatic amines is 1. The fourth-order valence-corrected chi connectivity index (χ4v) is 1.93. The molecule has 2 heterocycles. The van der Waals surface area contributed by atoms with Gasteiger partial charge in [0, 0.05) is 24.2 Å². The first-order valence-corrected chi connectivity index (χ1v) is 5.48. The summed E-state index contributed by atoms with van der Waals surface area (Å²) in [5, 5.41) is 3.27. The van der Waals surface area contributed by atoms with E-state index in [1.807, 2.05) is 13.8 Å². The van der Waals surface area contributed by atoms with Crippen LogP contribution in [0.4, 0.5) is 0 Å². The van der Waals surface area contributed by atoms with Crippen LogP contribution in [-0.4, -0.2) is 23.1 Å². The van der Waals surface area contributed by atoms with Crippen LogP contribution in [0.15, 0.2) is 11.0 Å². The third-order valence-electron chi connectivity index (χ3n) is 2.92. The van der Waals surface area contributed by atoms with Crippen LogP contribution >= 0.6 is 0 Å². The summed E-state index contributed by atoms with van der Waals surface area (Å²) in [7, 11) is 0. The number of aromatic nitrogens is 2. The number of rotatable bonds is 2. The number of hydrogen-bond donors (Lipinski definition) is 2. The summed E-state index contributed by atoms with van der Waals surface area (Å²) in [5.74, 6) is 1.44. The van der Waals surface area contributed by atoms with Crippen molar-refractivity contribution in [1.29, 1.82) is 0 Å². The van der Waals surface area contributed by atoms with Gasteiger partial charge in [-0.2, -0.15) is 0 Å². The summed E-state index contributed by atoms with van der Waals surface area (Å²) < 4.78 is 0. The van der Waals surface area contributed by atoms with Gasteiger partial charge in [0.15, 0.2) is 0 Å². The highest BCUT2D eigenvalue weighted by Crippen LogP contribution is 2.18. The van der Waals surface area contributed by atoms with Crippen LogP contribution < -0.4 is 10.9 Å². The first-order valence-electron chi connectivity index (χ1n) is 5.48. The topological polar surface area (TPSA) is 57.8 Å². The summed E-state index contributed by atoms with van der Waals surface area (Å²) in [5.41, 5.74) is 0.784. The van der Waals surface area contributed by atoms with Crippen LogP contribution in [0.25, 0.3) is 0 Å². The molecule has 0 bridgehead atoms. The fraction of sp³-hybridized carbons (Fsp3) is 0.636. The van der Waals surface area contributed by atoms with E-state index in [1.54, 1.807) is 6.20 Å². The molecule has 0 saturated carbocycles. The Bertz CT molecular complexity index is 391. The summed E-state index contributed by atoms with van der Waals surface area (Å²) in [4.78, 5) is 19.0. The summed E-state index contributed by atoms with van der Waals surface area (Å²) >= 11 is 0. The Morgan fingerprint density at radius 2 is 2.33 bits per heavy atom. The van der Waals surface area contributed by atoms with Crippen molar-refractivity contribution in [2.75, 3.05) is 13.1 Å². The molecule has 0 radical (unpaired) electrons. The molecule has 1 aliphatic heterocycles. The molecule has 0 aliphatic carbocycles. The second kappa shape index (κ2) is 4.14. The first kappa shape index (κ1) is 10.4. The van der Waals surface area contributed by atoms with Crippen LogP contribution in [0.3, 0.4) is 0 Å². The van der Waals surface area contributed by atoms with E-state index in [0.717, 1.165) is 30.9 Å². The maximum atomic E-state index is 11.7. The molecule has 1 aliphatic rings. The maximum absolute atomic E-state index is 11.7. The van der Waals surface area contributed by atoms with Gasteiger partial charge < -0.3 is 10.3 Å². The molecule has 15 heavy (non-hydrogen) atoms. The largest absolute Gasteiger partial charge is 0.316 e. The van der Waals surface area contributed by atoms with E-state index < -0.39 is 0 Å². The summed E-state index contributed by atoms with van der Waals surface area (Å²) in [6.45, 7) is 5.94. The second-order valence-corrected chi connectivity index (χ2v) is 4.40. The number of hydrogen-bond acceptors (Lipinski definition) is 3. The van der Waals surface area contributed by atoms with Crippen molar-refractivity contribution in [3.05, 3.63) is 27.9 Å². The number of H-pyrrole nitrogens is 1. The van der Waals surface area contributed by atoms with E-state index in [1.165, 1.54) is 0 Å². The fourth-order valence-electron chi connectivity index (χ4n) is 1.93. The third kappa shape index (κ3) is 2.09. The monoisotopic (exact) mass is 207 g/mol. The van der Waals surface area contributed by atoms with E-state index in [9.17, 15) is 4.79 Å². The van der Waals surface area contributed by atoms with Gasteiger partial charge in [0.25, 0.3) is 5.56 Å². The lowest BCUT2D eigenvalue weighted by Gasteiger charge is -2.09. The molecule has 82 valence electrons. The molecule has 2 rings (SSSR count). The molecule has 0 aromatic carbocycles. The van der Waals surface area contributed by atoms with Crippen molar-refractivity contribution in [2.45, 2.75) is 32.1 Å². The highest BCUT2D eigenvalue weighted by Gasteiger charge is 2.19. The van der Waals surface area contributed by atoms with E-state index >= 15 is 0 Å². The van der Waals surface area contributed by atoms with Crippen molar-refractivity contribution in [2.24, 2.45) is 0 Å². The van der Waals surface area contributed by atoms with Gasteiger partial charge in [0.1, 0.15) is 5.82 Å². The molecule has 4 nitrogen and oxygen atoms in total. The molecular weight excluding hydrogens is 190 g/mol. The zero-order valence-corrected chi connectivity index (χ0v) is 9.21. The molecule has 1 aromatic rings. The van der Waals surface area contributed by atoms with Crippen LogP contribution in [0.5, 0.6) is 0 Å². The van der Waals surface area contributed by atoms with Crippen molar-refractivity contribution in [1.82, 2.24) is 15.3 Å². The normalized spacial score (nSPS) is 21.1. The third-order valence-corrected chi connectivity index (χ3v) is 2.92. The van der Waals surface area contributed by atoms with Gasteiger partial charge in [-0.05, 0) is 18.9 Å². The maximum Gasteiger partial charge on any atom is 0.254 e. The van der Waals surface area contributed by atoms with Crippen molar-refractivity contribution < 1.29 is 0 Å². The molecule has 1 aromatic heterocycles. The minimum atomic E-state index is 0.0156. The standard InChI is InChI=1S/C11H17N3O/c1-7(2)9-6-13-10(14-11(9)15)8-3-4-12-5-8/h6-8,12H,3-5H2,1-2H3,(H,13,14,15). The summed E-state index contributed by atoms with van der Waals surface area (Å²) in [6.07, 6.45) is 2.78. The predicted octanol–water partition coefficient (Wildman–Crippen LogP) is 0.970. The molecule has 1 atom stereocenters. The Balaban J connectivity index is 2.28. The van der Waals surface area contributed by atoms with Gasteiger partial charge in [0.05, 0.1) is 0 Å². The SMILES string of the molecule is CC(C)c1cnc(C2CCNC2)[nH]c1=O. The summed E-state index contributed by atoms with van der Waals surface area (Å²) in [6, 6.07) is 0. The Labute approximate surface area is 89.1 Å². The minimum Gasteiger partial charge on any atom is -0.316 e. The average molecular weight is 207 g/mol. The van der Waals surface area contributed by atoms with Gasteiger partial charge in [-0.15, -0.1) is 0 Å². The van der Waals surface area contributed by atoms with Gasteiger partial charge >= 0.3 is 0 Å². The zero-order valence-electron chi connectivity index (χ0n) is 9.21. The van der Waals surface area contributed by atoms with Crippen LogP contribution in [0.1, 0.15) is 43.5 Å². The highest BCUT2D eigenvalue weighted by atomic mass is 16.1. The first-order chi connectivity index (χ1) is 7.18. The molecule has 1 fully saturated rings. The minimum absolute atomic E-state index is 0.0156. The lowest BCUT2D eigenvalue weighted by Crippen LogP contribution is -2.20. The average Bonchev–Trinajstić information content (AvgIpc) is 2.69. The van der Waals surface area contributed by atoms with Crippen molar-refractivity contribution in [3.63, 3.8) is 0 Å². The van der Waals surface area contributed by atoms with Crippen LogP contribution in [0, 0.1) is 0 Å². The van der Waals surface area contributed by atoms with Gasteiger partial charge in [-0.3, -0.25) is 4.79 Å². The molecule has 0 amide bonds. The lowest BCUT2D eigenvalue weighted by atomic mass is 10.1. The van der Waals surface area contributed by atoms with E-state index in [-0.39, 0.29) is 11.5 Å². The second-order valence-electron chi connectivity index (χ2n) is 4.40. The Hall–Kier alpha value is -1.16. The zero-order chi connectivity index (χ0) is 10.8. The van der Waals surface area contributed by atoms with E-state index in [2.05, 4.69) is 15.3 Å². The predicted molar refractivity (Wildman–Crippen MR) is 59.2 cm³/mol. The van der Waals surface area contributed by atoms with Crippen molar-refractivity contribution >= 4 is 0 Å². The number of nitrogens with one attached hydrogen (secondary N) is 2. The lowest BCUT2D eigenvalue weighted by molar-refractivity contribution is 0.686. The number of nitrogens with zero attached hydrogens (tertiary/aromatic N) is 1. The van der Waals surface area contributed by atoms with Gasteiger partial charge in [-0.25, -0.2) is 4.98 Å². The van der Waals surface area contributed by atoms with Gasteiger partial charge in [-0.1, -0.05) is 13.8 Å². The Morgan fingerprint density at radius 3 is 2.87 bits per heavy atom. The van der Waals surface area contributed by atoms with Crippen LogP contribution in [0.2, 0.25) is 0 Å². The van der Waals surface area contributed by atoms with Crippen molar-refractivity contribution in [3.8, 4) is 0 Å². The molecular formula is C11H17N3O. The van der Waals surface area contributed by atoms with E-state index in [0.29, 0.717) is 5.92 Å². The molecule has 4 heteroatoms. The highest BCUT2D eigenvalue weighted by molar-refractivity contribution is 5.12. The smallest absolute Gasteiger partial charge is 0.254 e. The Kier molecular flexibility index (Phi) is 2.86. The van der Waals surface area contributed by atoms with E-state index in [4.69, 9.17) is 0 Å². The quantitative estimate of drug-likeness (QED) is 0.759.